The Bertz CT molecular complexity index is 643. The third-order valence-corrected chi connectivity index (χ3v) is 4.28. The van der Waals surface area contributed by atoms with Crippen molar-refractivity contribution in [2.24, 2.45) is 0 Å². The molecule has 0 fully saturated rings. The van der Waals surface area contributed by atoms with Gasteiger partial charge in [0.2, 0.25) is 10.0 Å². The van der Waals surface area contributed by atoms with E-state index in [-0.39, 0.29) is 13.0 Å². The summed E-state index contributed by atoms with van der Waals surface area (Å²) in [5.74, 6) is -1.52. The number of benzene rings is 1. The zero-order valence-corrected chi connectivity index (χ0v) is 13.5. The number of hydrogen-bond donors (Lipinski definition) is 2. The first-order valence-electron chi connectivity index (χ1n) is 6.71. The van der Waals surface area contributed by atoms with E-state index in [1.165, 1.54) is 13.0 Å². The molecule has 0 saturated heterocycles. The van der Waals surface area contributed by atoms with E-state index >= 15 is 0 Å². The van der Waals surface area contributed by atoms with Crippen molar-refractivity contribution in [2.75, 3.05) is 13.2 Å². The van der Waals surface area contributed by atoms with Crippen LogP contribution in [-0.2, 0) is 19.6 Å². The van der Waals surface area contributed by atoms with Crippen LogP contribution in [0.25, 0.3) is 0 Å². The number of ether oxygens (including phenoxy) is 1. The molecule has 1 atom stereocenters. The predicted octanol–water partition coefficient (Wildman–Crippen LogP) is 1.12. The molecule has 0 aromatic heterocycles. The highest BCUT2D eigenvalue weighted by atomic mass is 32.2. The number of hydrogen-bond acceptors (Lipinski definition) is 5. The molecule has 1 rings (SSSR count). The SMILES string of the molecule is CCOC(=O)C[C@@](C)(O)CNS(=O)(=O)c1ccc(C)cc1F. The lowest BCUT2D eigenvalue weighted by Gasteiger charge is -2.22. The highest BCUT2D eigenvalue weighted by molar-refractivity contribution is 7.89. The molecule has 22 heavy (non-hydrogen) atoms. The molecule has 0 aliphatic carbocycles. The lowest BCUT2D eigenvalue weighted by atomic mass is 10.0. The molecule has 2 N–H and O–H groups in total. The van der Waals surface area contributed by atoms with E-state index in [1.807, 2.05) is 0 Å². The van der Waals surface area contributed by atoms with Gasteiger partial charge in [-0.2, -0.15) is 0 Å². The summed E-state index contributed by atoms with van der Waals surface area (Å²) >= 11 is 0. The van der Waals surface area contributed by atoms with E-state index in [2.05, 4.69) is 4.72 Å². The third-order valence-electron chi connectivity index (χ3n) is 2.85. The average Bonchev–Trinajstić information content (AvgIpc) is 2.36. The zero-order valence-electron chi connectivity index (χ0n) is 12.7. The second-order valence-corrected chi connectivity index (χ2v) is 6.97. The summed E-state index contributed by atoms with van der Waals surface area (Å²) < 4.78 is 44.6. The third kappa shape index (κ3) is 5.36. The van der Waals surface area contributed by atoms with Crippen LogP contribution in [0.1, 0.15) is 25.8 Å². The lowest BCUT2D eigenvalue weighted by molar-refractivity contribution is -0.147. The normalized spacial score (nSPS) is 14.4. The van der Waals surface area contributed by atoms with Crippen molar-refractivity contribution in [1.82, 2.24) is 4.72 Å². The fraction of sp³-hybridized carbons (Fsp3) is 0.500. The molecule has 0 aliphatic rings. The summed E-state index contributed by atoms with van der Waals surface area (Å²) in [6, 6.07) is 3.72. The number of aryl methyl sites for hydroxylation is 1. The maximum absolute atomic E-state index is 13.7. The number of carbonyl (C=O) groups excluding carboxylic acids is 1. The van der Waals surface area contributed by atoms with Crippen LogP contribution in [-0.4, -0.2) is 38.2 Å². The molecule has 0 amide bonds. The minimum absolute atomic E-state index is 0.162. The van der Waals surface area contributed by atoms with Gasteiger partial charge in [0.05, 0.1) is 18.6 Å². The summed E-state index contributed by atoms with van der Waals surface area (Å²) in [5, 5.41) is 10.0. The molecule has 8 heteroatoms. The van der Waals surface area contributed by atoms with Crippen molar-refractivity contribution < 1.29 is 27.4 Å². The van der Waals surface area contributed by atoms with Gasteiger partial charge in [-0.15, -0.1) is 0 Å². The van der Waals surface area contributed by atoms with Crippen LogP contribution >= 0.6 is 0 Å². The highest BCUT2D eigenvalue weighted by Gasteiger charge is 2.28. The number of halogens is 1. The molecule has 0 heterocycles. The van der Waals surface area contributed by atoms with Crippen molar-refractivity contribution in [1.29, 1.82) is 0 Å². The van der Waals surface area contributed by atoms with Gasteiger partial charge in [-0.25, -0.2) is 17.5 Å². The first-order valence-corrected chi connectivity index (χ1v) is 8.19. The molecular weight excluding hydrogens is 313 g/mol. The maximum Gasteiger partial charge on any atom is 0.308 e. The van der Waals surface area contributed by atoms with Gasteiger partial charge in [0.15, 0.2) is 0 Å². The van der Waals surface area contributed by atoms with Gasteiger partial charge in [0.1, 0.15) is 10.7 Å². The Labute approximate surface area is 129 Å². The van der Waals surface area contributed by atoms with Crippen LogP contribution in [0.2, 0.25) is 0 Å². The monoisotopic (exact) mass is 333 g/mol. The van der Waals surface area contributed by atoms with E-state index in [0.717, 1.165) is 12.1 Å². The fourth-order valence-corrected chi connectivity index (χ4v) is 2.96. The van der Waals surface area contributed by atoms with Crippen molar-refractivity contribution in [2.45, 2.75) is 37.7 Å². The summed E-state index contributed by atoms with van der Waals surface area (Å²) in [6.07, 6.45) is -0.375. The Morgan fingerprint density at radius 1 is 1.45 bits per heavy atom. The van der Waals surface area contributed by atoms with Gasteiger partial charge in [-0.05, 0) is 38.5 Å². The van der Waals surface area contributed by atoms with Gasteiger partial charge < -0.3 is 9.84 Å². The minimum atomic E-state index is -4.13. The molecule has 6 nitrogen and oxygen atoms in total. The Morgan fingerprint density at radius 2 is 2.09 bits per heavy atom. The molecule has 0 saturated carbocycles. The Hall–Kier alpha value is -1.51. The van der Waals surface area contributed by atoms with Crippen LogP contribution in [0, 0.1) is 12.7 Å². The summed E-state index contributed by atoms with van der Waals surface area (Å²) in [4.78, 5) is 10.8. The van der Waals surface area contributed by atoms with Crippen molar-refractivity contribution in [3.8, 4) is 0 Å². The lowest BCUT2D eigenvalue weighted by Crippen LogP contribution is -2.42. The molecular formula is C14H20FNO5S. The average molecular weight is 333 g/mol. The van der Waals surface area contributed by atoms with Crippen molar-refractivity contribution >= 4 is 16.0 Å². The van der Waals surface area contributed by atoms with Crippen LogP contribution < -0.4 is 4.72 Å². The first kappa shape index (κ1) is 18.5. The van der Waals surface area contributed by atoms with Crippen LogP contribution in [0.4, 0.5) is 4.39 Å². The first-order chi connectivity index (χ1) is 10.1. The number of rotatable bonds is 7. The van der Waals surface area contributed by atoms with Crippen molar-refractivity contribution in [3.63, 3.8) is 0 Å². The molecule has 0 aliphatic heterocycles. The van der Waals surface area contributed by atoms with Crippen LogP contribution in [0.5, 0.6) is 0 Å². The summed E-state index contributed by atoms with van der Waals surface area (Å²) in [5.41, 5.74) is -1.05. The van der Waals surface area contributed by atoms with Gasteiger partial charge in [-0.1, -0.05) is 6.07 Å². The molecule has 124 valence electrons. The fourth-order valence-electron chi connectivity index (χ4n) is 1.74. The molecule has 0 radical (unpaired) electrons. The Kier molecular flexibility index (Phi) is 6.04. The second-order valence-electron chi connectivity index (χ2n) is 5.24. The van der Waals surface area contributed by atoms with Crippen LogP contribution in [0.15, 0.2) is 23.1 Å². The largest absolute Gasteiger partial charge is 0.466 e. The highest BCUT2D eigenvalue weighted by Crippen LogP contribution is 2.17. The zero-order chi connectivity index (χ0) is 17.0. The number of aliphatic hydroxyl groups is 1. The quantitative estimate of drug-likeness (QED) is 0.729. The van der Waals surface area contributed by atoms with Gasteiger partial charge in [0, 0.05) is 6.54 Å². The molecule has 1 aromatic carbocycles. The van der Waals surface area contributed by atoms with E-state index in [4.69, 9.17) is 4.74 Å². The van der Waals surface area contributed by atoms with Gasteiger partial charge >= 0.3 is 5.97 Å². The van der Waals surface area contributed by atoms with E-state index < -0.39 is 38.9 Å². The molecule has 0 unspecified atom stereocenters. The number of sulfonamides is 1. The van der Waals surface area contributed by atoms with E-state index in [0.29, 0.717) is 5.56 Å². The van der Waals surface area contributed by atoms with Crippen LogP contribution in [0.3, 0.4) is 0 Å². The smallest absolute Gasteiger partial charge is 0.308 e. The Balaban J connectivity index is 2.79. The maximum atomic E-state index is 13.7. The minimum Gasteiger partial charge on any atom is -0.466 e. The summed E-state index contributed by atoms with van der Waals surface area (Å²) in [7, 11) is -4.13. The Morgan fingerprint density at radius 3 is 2.64 bits per heavy atom. The number of nitrogens with one attached hydrogen (secondary N) is 1. The van der Waals surface area contributed by atoms with E-state index in [1.54, 1.807) is 13.8 Å². The number of carbonyl (C=O) groups is 1. The van der Waals surface area contributed by atoms with Gasteiger partial charge in [0.25, 0.3) is 0 Å². The standard InChI is InChI=1S/C14H20FNO5S/c1-4-21-13(17)8-14(3,18)9-16-22(19,20)12-6-5-10(2)7-11(12)15/h5-7,16,18H,4,8-9H2,1-3H3/t14-/m1/s1. The summed E-state index contributed by atoms with van der Waals surface area (Å²) in [6.45, 7) is 4.27. The second kappa shape index (κ2) is 7.17. The van der Waals surface area contributed by atoms with E-state index in [9.17, 15) is 22.7 Å². The molecule has 0 spiro atoms. The topological polar surface area (TPSA) is 92.7 Å². The van der Waals surface area contributed by atoms with Gasteiger partial charge in [-0.3, -0.25) is 4.79 Å². The molecule has 0 bridgehead atoms. The predicted molar refractivity (Wildman–Crippen MR) is 78.2 cm³/mol. The molecule has 1 aromatic rings. The van der Waals surface area contributed by atoms with Crippen molar-refractivity contribution in [3.05, 3.63) is 29.6 Å². The number of esters is 1.